The zero-order valence-corrected chi connectivity index (χ0v) is 16.3. The van der Waals surface area contributed by atoms with Crippen LogP contribution in [0, 0.1) is 12.8 Å². The molecule has 0 aliphatic carbocycles. The molecule has 0 bridgehead atoms. The molecule has 0 radical (unpaired) electrons. The lowest BCUT2D eigenvalue weighted by Crippen LogP contribution is -2.42. The summed E-state index contributed by atoms with van der Waals surface area (Å²) in [7, 11) is 0. The van der Waals surface area contributed by atoms with Crippen LogP contribution >= 0.6 is 11.6 Å². The molecule has 2 aromatic rings. The summed E-state index contributed by atoms with van der Waals surface area (Å²) in [5.74, 6) is 0.230. The molecule has 5 heteroatoms. The summed E-state index contributed by atoms with van der Waals surface area (Å²) in [4.78, 5) is 26.9. The molecule has 2 aromatic carbocycles. The normalized spacial score (nSPS) is 15.5. The minimum atomic E-state index is 0.0254. The Balaban J connectivity index is 1.43. The van der Waals surface area contributed by atoms with Gasteiger partial charge in [0.2, 0.25) is 5.91 Å². The molecule has 0 spiro atoms. The third-order valence-electron chi connectivity index (χ3n) is 5.19. The molecule has 4 nitrogen and oxygen atoms in total. The smallest absolute Gasteiger partial charge is 0.234 e. The van der Waals surface area contributed by atoms with Gasteiger partial charge in [-0.15, -0.1) is 0 Å². The van der Waals surface area contributed by atoms with E-state index in [0.29, 0.717) is 23.7 Å². The first kappa shape index (κ1) is 19.6. The Bertz CT molecular complexity index is 796. The van der Waals surface area contributed by atoms with Crippen molar-refractivity contribution in [2.24, 2.45) is 5.92 Å². The van der Waals surface area contributed by atoms with Gasteiger partial charge in [-0.1, -0.05) is 35.9 Å². The highest BCUT2D eigenvalue weighted by Gasteiger charge is 2.26. The van der Waals surface area contributed by atoms with E-state index in [9.17, 15) is 9.59 Å². The highest BCUT2D eigenvalue weighted by Crippen LogP contribution is 2.22. The summed E-state index contributed by atoms with van der Waals surface area (Å²) in [6, 6.07) is 15.1. The average Bonchev–Trinajstić information content (AvgIpc) is 2.68. The van der Waals surface area contributed by atoms with E-state index in [1.54, 1.807) is 24.3 Å². The minimum absolute atomic E-state index is 0.0254. The highest BCUT2D eigenvalue weighted by molar-refractivity contribution is 6.30. The van der Waals surface area contributed by atoms with Crippen molar-refractivity contribution in [3.05, 3.63) is 70.2 Å². The number of halogens is 1. The van der Waals surface area contributed by atoms with Crippen molar-refractivity contribution in [3.8, 4) is 0 Å². The van der Waals surface area contributed by atoms with Gasteiger partial charge in [-0.3, -0.25) is 14.5 Å². The van der Waals surface area contributed by atoms with E-state index in [-0.39, 0.29) is 17.6 Å². The SMILES string of the molecule is Cc1ccccc1CNC(=O)CN1CCC(C(=O)c2ccc(Cl)cc2)CC1. The summed E-state index contributed by atoms with van der Waals surface area (Å²) in [5, 5.41) is 3.63. The highest BCUT2D eigenvalue weighted by atomic mass is 35.5. The first-order chi connectivity index (χ1) is 13.0. The Kier molecular flexibility index (Phi) is 6.64. The molecule has 1 heterocycles. The van der Waals surface area contributed by atoms with Crippen molar-refractivity contribution in [1.82, 2.24) is 10.2 Å². The van der Waals surface area contributed by atoms with Gasteiger partial charge in [0, 0.05) is 23.0 Å². The van der Waals surface area contributed by atoms with Gasteiger partial charge >= 0.3 is 0 Å². The van der Waals surface area contributed by atoms with Crippen molar-refractivity contribution in [3.63, 3.8) is 0 Å². The summed E-state index contributed by atoms with van der Waals surface area (Å²) in [6.45, 7) is 4.51. The molecule has 0 aromatic heterocycles. The van der Waals surface area contributed by atoms with Crippen molar-refractivity contribution in [2.75, 3.05) is 19.6 Å². The number of likely N-dealkylation sites (tertiary alicyclic amines) is 1. The third-order valence-corrected chi connectivity index (χ3v) is 5.44. The van der Waals surface area contributed by atoms with Crippen LogP contribution in [-0.4, -0.2) is 36.2 Å². The number of benzene rings is 2. The molecule has 27 heavy (non-hydrogen) atoms. The largest absolute Gasteiger partial charge is 0.351 e. The van der Waals surface area contributed by atoms with Gasteiger partial charge in [0.1, 0.15) is 0 Å². The number of carbonyl (C=O) groups is 2. The van der Waals surface area contributed by atoms with E-state index in [1.165, 1.54) is 5.56 Å². The number of nitrogens with zero attached hydrogens (tertiary/aromatic N) is 1. The van der Waals surface area contributed by atoms with Crippen LogP contribution in [0.15, 0.2) is 48.5 Å². The number of rotatable bonds is 6. The Labute approximate surface area is 165 Å². The van der Waals surface area contributed by atoms with Crippen LogP contribution in [0.3, 0.4) is 0 Å². The number of piperidine rings is 1. The van der Waals surface area contributed by atoms with Crippen molar-refractivity contribution in [1.29, 1.82) is 0 Å². The van der Waals surface area contributed by atoms with Crippen molar-refractivity contribution >= 4 is 23.3 Å². The molecule has 1 fully saturated rings. The van der Waals surface area contributed by atoms with E-state index >= 15 is 0 Å². The topological polar surface area (TPSA) is 49.4 Å². The maximum atomic E-state index is 12.6. The zero-order valence-electron chi connectivity index (χ0n) is 15.6. The molecule has 1 amide bonds. The zero-order chi connectivity index (χ0) is 19.2. The molecule has 3 rings (SSSR count). The van der Waals surface area contributed by atoms with Gasteiger partial charge in [0.05, 0.1) is 6.54 Å². The first-order valence-corrected chi connectivity index (χ1v) is 9.74. The minimum Gasteiger partial charge on any atom is -0.351 e. The van der Waals surface area contributed by atoms with Crippen LogP contribution in [0.4, 0.5) is 0 Å². The van der Waals surface area contributed by atoms with Crippen LogP contribution in [0.25, 0.3) is 0 Å². The van der Waals surface area contributed by atoms with E-state index in [1.807, 2.05) is 31.2 Å². The van der Waals surface area contributed by atoms with E-state index in [4.69, 9.17) is 11.6 Å². The van der Waals surface area contributed by atoms with Gasteiger partial charge in [-0.05, 0) is 68.2 Å². The predicted molar refractivity (Wildman–Crippen MR) is 108 cm³/mol. The Hall–Kier alpha value is -2.17. The molecule has 0 saturated carbocycles. The lowest BCUT2D eigenvalue weighted by atomic mass is 9.89. The fraction of sp³-hybridized carbons (Fsp3) is 0.364. The van der Waals surface area contributed by atoms with E-state index < -0.39 is 0 Å². The summed E-state index contributed by atoms with van der Waals surface area (Å²) in [5.41, 5.74) is 3.03. The lowest BCUT2D eigenvalue weighted by Gasteiger charge is -2.30. The number of ketones is 1. The average molecular weight is 385 g/mol. The Morgan fingerprint density at radius 1 is 1.07 bits per heavy atom. The number of carbonyl (C=O) groups excluding carboxylic acids is 2. The fourth-order valence-corrected chi connectivity index (χ4v) is 3.59. The van der Waals surface area contributed by atoms with Crippen LogP contribution < -0.4 is 5.32 Å². The van der Waals surface area contributed by atoms with Crippen molar-refractivity contribution < 1.29 is 9.59 Å². The Morgan fingerprint density at radius 3 is 2.41 bits per heavy atom. The maximum Gasteiger partial charge on any atom is 0.234 e. The molecule has 1 N–H and O–H groups in total. The van der Waals surface area contributed by atoms with Crippen LogP contribution in [0.1, 0.15) is 34.3 Å². The van der Waals surface area contributed by atoms with Crippen LogP contribution in [0.2, 0.25) is 5.02 Å². The fourth-order valence-electron chi connectivity index (χ4n) is 3.46. The van der Waals surface area contributed by atoms with E-state index in [0.717, 1.165) is 31.5 Å². The summed E-state index contributed by atoms with van der Waals surface area (Å²) < 4.78 is 0. The number of nitrogens with one attached hydrogen (secondary N) is 1. The Morgan fingerprint density at radius 2 is 1.74 bits per heavy atom. The molecule has 1 aliphatic heterocycles. The number of Topliss-reactive ketones (excluding diaryl/α,β-unsaturated/α-hetero) is 1. The molecule has 1 aliphatic rings. The maximum absolute atomic E-state index is 12.6. The first-order valence-electron chi connectivity index (χ1n) is 9.36. The van der Waals surface area contributed by atoms with Crippen LogP contribution in [0.5, 0.6) is 0 Å². The van der Waals surface area contributed by atoms with Gasteiger partial charge in [-0.2, -0.15) is 0 Å². The van der Waals surface area contributed by atoms with Gasteiger partial charge in [-0.25, -0.2) is 0 Å². The standard InChI is InChI=1S/C22H25ClN2O2/c1-16-4-2-3-5-19(16)14-24-21(26)15-25-12-10-18(11-13-25)22(27)17-6-8-20(23)9-7-17/h2-9,18H,10-15H2,1H3,(H,24,26). The second kappa shape index (κ2) is 9.16. The number of aryl methyl sites for hydroxylation is 1. The molecule has 1 saturated heterocycles. The molecule has 0 atom stereocenters. The van der Waals surface area contributed by atoms with Gasteiger partial charge < -0.3 is 5.32 Å². The van der Waals surface area contributed by atoms with Gasteiger partial charge in [0.25, 0.3) is 0 Å². The van der Waals surface area contributed by atoms with Gasteiger partial charge in [0.15, 0.2) is 5.78 Å². The number of hydrogen-bond donors (Lipinski definition) is 1. The van der Waals surface area contributed by atoms with E-state index in [2.05, 4.69) is 10.2 Å². The molecular formula is C22H25ClN2O2. The molecule has 0 unspecified atom stereocenters. The van der Waals surface area contributed by atoms with Crippen molar-refractivity contribution in [2.45, 2.75) is 26.3 Å². The molecular weight excluding hydrogens is 360 g/mol. The van der Waals surface area contributed by atoms with Crippen LogP contribution in [-0.2, 0) is 11.3 Å². The predicted octanol–water partition coefficient (Wildman–Crippen LogP) is 3.86. The second-order valence-corrected chi connectivity index (χ2v) is 7.56. The second-order valence-electron chi connectivity index (χ2n) is 7.12. The summed E-state index contributed by atoms with van der Waals surface area (Å²) >= 11 is 5.89. The third kappa shape index (κ3) is 5.41. The lowest BCUT2D eigenvalue weighted by molar-refractivity contribution is -0.122. The quantitative estimate of drug-likeness (QED) is 0.769. The molecule has 142 valence electrons. The number of hydrogen-bond acceptors (Lipinski definition) is 3. The number of amides is 1. The summed E-state index contributed by atoms with van der Waals surface area (Å²) in [6.07, 6.45) is 1.57. The monoisotopic (exact) mass is 384 g/mol.